The highest BCUT2D eigenvalue weighted by Crippen LogP contribution is 2.26. The van der Waals surface area contributed by atoms with Crippen LogP contribution in [0.1, 0.15) is 25.3 Å². The summed E-state index contributed by atoms with van der Waals surface area (Å²) in [5.41, 5.74) is 6.56. The number of rotatable bonds is 7. The van der Waals surface area contributed by atoms with Gasteiger partial charge in [-0.2, -0.15) is 0 Å². The highest BCUT2D eigenvalue weighted by molar-refractivity contribution is 7.80. The summed E-state index contributed by atoms with van der Waals surface area (Å²) in [7, 11) is 0. The minimum absolute atomic E-state index is 0.0927. The summed E-state index contributed by atoms with van der Waals surface area (Å²) >= 11 is 4.90. The molecule has 1 aliphatic rings. The number of anilines is 1. The van der Waals surface area contributed by atoms with E-state index in [9.17, 15) is 4.39 Å². The molecule has 0 bridgehead atoms. The van der Waals surface area contributed by atoms with Crippen molar-refractivity contribution >= 4 is 22.9 Å². The Kier molecular flexibility index (Phi) is 4.71. The Hall–Kier alpha value is -1.20. The molecule has 1 aromatic carbocycles. The molecule has 0 spiro atoms. The molecular weight excluding hydrogens is 261 g/mol. The van der Waals surface area contributed by atoms with Crippen LogP contribution in [0.3, 0.4) is 0 Å². The fraction of sp³-hybridized carbons (Fsp3) is 0.500. The average Bonchev–Trinajstić information content (AvgIpc) is 3.18. The lowest BCUT2D eigenvalue weighted by atomic mass is 10.1. The van der Waals surface area contributed by atoms with E-state index in [2.05, 4.69) is 17.1 Å². The molecule has 0 unspecified atom stereocenters. The molecule has 0 atom stereocenters. The zero-order chi connectivity index (χ0) is 13.8. The lowest BCUT2D eigenvalue weighted by molar-refractivity contribution is 0.289. The number of nitrogens with one attached hydrogen (secondary N) is 1. The van der Waals surface area contributed by atoms with Crippen molar-refractivity contribution in [2.24, 2.45) is 5.73 Å². The van der Waals surface area contributed by atoms with Gasteiger partial charge in [-0.05, 0) is 31.5 Å². The van der Waals surface area contributed by atoms with Gasteiger partial charge in [-0.15, -0.1) is 0 Å². The second-order valence-corrected chi connectivity index (χ2v) is 5.25. The van der Waals surface area contributed by atoms with Gasteiger partial charge >= 0.3 is 0 Å². The molecule has 1 aromatic rings. The van der Waals surface area contributed by atoms with Crippen molar-refractivity contribution < 1.29 is 4.39 Å². The largest absolute Gasteiger partial charge is 0.389 e. The Morgan fingerprint density at radius 3 is 2.84 bits per heavy atom. The standard InChI is InChI=1S/C14H20FN3S/c1-2-18(10-6-7-10)9-8-17-12-5-3-4-11(15)13(12)14(16)19/h3-5,10,17H,2,6-9H2,1H3,(H2,16,19). The third-order valence-electron chi connectivity index (χ3n) is 3.44. The quantitative estimate of drug-likeness (QED) is 0.753. The molecule has 0 aliphatic heterocycles. The number of thiocarbonyl (C=S) groups is 1. The maximum absolute atomic E-state index is 13.7. The second kappa shape index (κ2) is 6.30. The van der Waals surface area contributed by atoms with E-state index < -0.39 is 0 Å². The first-order chi connectivity index (χ1) is 9.13. The van der Waals surface area contributed by atoms with Crippen molar-refractivity contribution in [3.8, 4) is 0 Å². The van der Waals surface area contributed by atoms with Crippen molar-refractivity contribution in [3.05, 3.63) is 29.6 Å². The van der Waals surface area contributed by atoms with E-state index in [0.29, 0.717) is 11.3 Å². The minimum atomic E-state index is -0.368. The van der Waals surface area contributed by atoms with Gasteiger partial charge in [0.1, 0.15) is 10.8 Å². The number of hydrogen-bond acceptors (Lipinski definition) is 3. The fourth-order valence-electron chi connectivity index (χ4n) is 2.29. The number of halogens is 1. The molecule has 0 amide bonds. The lowest BCUT2D eigenvalue weighted by Crippen LogP contribution is -2.31. The van der Waals surface area contributed by atoms with Crippen LogP contribution in [0.5, 0.6) is 0 Å². The summed E-state index contributed by atoms with van der Waals surface area (Å²) in [5.74, 6) is -0.368. The summed E-state index contributed by atoms with van der Waals surface area (Å²) in [4.78, 5) is 2.53. The van der Waals surface area contributed by atoms with Gasteiger partial charge in [0.25, 0.3) is 0 Å². The van der Waals surface area contributed by atoms with Crippen molar-refractivity contribution in [3.63, 3.8) is 0 Å². The monoisotopic (exact) mass is 281 g/mol. The van der Waals surface area contributed by atoms with Gasteiger partial charge in [0.2, 0.25) is 0 Å². The Morgan fingerprint density at radius 2 is 2.26 bits per heavy atom. The maximum atomic E-state index is 13.7. The van der Waals surface area contributed by atoms with Gasteiger partial charge in [-0.3, -0.25) is 4.90 Å². The maximum Gasteiger partial charge on any atom is 0.135 e. The molecule has 3 N–H and O–H groups in total. The van der Waals surface area contributed by atoms with Crippen LogP contribution in [0.2, 0.25) is 0 Å². The molecule has 0 saturated heterocycles. The van der Waals surface area contributed by atoms with Crippen LogP contribution in [0.4, 0.5) is 10.1 Å². The van der Waals surface area contributed by atoms with E-state index in [-0.39, 0.29) is 10.8 Å². The Balaban J connectivity index is 1.95. The predicted octanol–water partition coefficient (Wildman–Crippen LogP) is 2.36. The van der Waals surface area contributed by atoms with Gasteiger partial charge in [-0.1, -0.05) is 25.2 Å². The van der Waals surface area contributed by atoms with Crippen LogP contribution in [-0.2, 0) is 0 Å². The molecule has 0 aromatic heterocycles. The topological polar surface area (TPSA) is 41.3 Å². The van der Waals surface area contributed by atoms with Crippen molar-refractivity contribution in [1.29, 1.82) is 0 Å². The normalized spacial score (nSPS) is 14.7. The van der Waals surface area contributed by atoms with E-state index in [1.54, 1.807) is 6.07 Å². The summed E-state index contributed by atoms with van der Waals surface area (Å²) < 4.78 is 13.7. The van der Waals surface area contributed by atoms with E-state index in [4.69, 9.17) is 18.0 Å². The number of nitrogens with zero attached hydrogens (tertiary/aromatic N) is 1. The zero-order valence-electron chi connectivity index (χ0n) is 11.2. The molecule has 19 heavy (non-hydrogen) atoms. The molecule has 2 rings (SSSR count). The first kappa shape index (κ1) is 14.2. The van der Waals surface area contributed by atoms with Crippen LogP contribution in [0.25, 0.3) is 0 Å². The average molecular weight is 281 g/mol. The molecule has 5 heteroatoms. The van der Waals surface area contributed by atoms with Crippen LogP contribution >= 0.6 is 12.2 Å². The van der Waals surface area contributed by atoms with Gasteiger partial charge in [0.15, 0.2) is 0 Å². The van der Waals surface area contributed by atoms with Crippen molar-refractivity contribution in [1.82, 2.24) is 4.90 Å². The molecule has 0 heterocycles. The molecule has 1 saturated carbocycles. The van der Waals surface area contributed by atoms with E-state index in [0.717, 1.165) is 25.7 Å². The van der Waals surface area contributed by atoms with Crippen LogP contribution in [-0.4, -0.2) is 35.6 Å². The van der Waals surface area contributed by atoms with Crippen molar-refractivity contribution in [2.45, 2.75) is 25.8 Å². The summed E-state index contributed by atoms with van der Waals surface area (Å²) in [6.07, 6.45) is 2.60. The van der Waals surface area contributed by atoms with E-state index in [1.807, 2.05) is 6.07 Å². The SMILES string of the molecule is CCN(CCNc1cccc(F)c1C(N)=S)C1CC1. The molecule has 0 radical (unpaired) electrons. The number of benzene rings is 1. The smallest absolute Gasteiger partial charge is 0.135 e. The number of likely N-dealkylation sites (N-methyl/N-ethyl adjacent to an activating group) is 1. The lowest BCUT2D eigenvalue weighted by Gasteiger charge is -2.20. The van der Waals surface area contributed by atoms with Crippen LogP contribution in [0, 0.1) is 5.82 Å². The van der Waals surface area contributed by atoms with Crippen LogP contribution in [0.15, 0.2) is 18.2 Å². The van der Waals surface area contributed by atoms with Gasteiger partial charge < -0.3 is 11.1 Å². The molecule has 1 aliphatic carbocycles. The van der Waals surface area contributed by atoms with E-state index >= 15 is 0 Å². The summed E-state index contributed by atoms with van der Waals surface area (Å²) in [5, 5.41) is 3.23. The van der Waals surface area contributed by atoms with Gasteiger partial charge in [0, 0.05) is 24.8 Å². The Labute approximate surface area is 119 Å². The van der Waals surface area contributed by atoms with Crippen LogP contribution < -0.4 is 11.1 Å². The molecule has 104 valence electrons. The Morgan fingerprint density at radius 1 is 1.53 bits per heavy atom. The molecule has 1 fully saturated rings. The Bertz CT molecular complexity index is 460. The molecular formula is C14H20FN3S. The zero-order valence-corrected chi connectivity index (χ0v) is 12.0. The van der Waals surface area contributed by atoms with Crippen molar-refractivity contribution in [2.75, 3.05) is 25.0 Å². The predicted molar refractivity (Wildman–Crippen MR) is 81.0 cm³/mol. The van der Waals surface area contributed by atoms with Gasteiger partial charge in [-0.25, -0.2) is 4.39 Å². The first-order valence-electron chi connectivity index (χ1n) is 6.69. The second-order valence-electron chi connectivity index (χ2n) is 4.81. The van der Waals surface area contributed by atoms with Gasteiger partial charge in [0.05, 0.1) is 5.56 Å². The highest BCUT2D eigenvalue weighted by atomic mass is 32.1. The summed E-state index contributed by atoms with van der Waals surface area (Å²) in [6, 6.07) is 5.60. The highest BCUT2D eigenvalue weighted by Gasteiger charge is 2.27. The third-order valence-corrected chi connectivity index (χ3v) is 3.65. The van der Waals surface area contributed by atoms with E-state index in [1.165, 1.54) is 18.9 Å². The number of hydrogen-bond donors (Lipinski definition) is 2. The number of nitrogens with two attached hydrogens (primary N) is 1. The first-order valence-corrected chi connectivity index (χ1v) is 7.10. The third kappa shape index (κ3) is 3.64. The fourth-order valence-corrected chi connectivity index (χ4v) is 2.50. The molecule has 3 nitrogen and oxygen atoms in total. The minimum Gasteiger partial charge on any atom is -0.389 e. The summed E-state index contributed by atoms with van der Waals surface area (Å²) in [6.45, 7) is 4.94.